The second kappa shape index (κ2) is 10.8. The van der Waals surface area contributed by atoms with Gasteiger partial charge >= 0.3 is 5.97 Å². The van der Waals surface area contributed by atoms with Gasteiger partial charge in [-0.2, -0.15) is 5.10 Å². The Hall–Kier alpha value is -3.16. The van der Waals surface area contributed by atoms with Crippen LogP contribution < -0.4 is 0 Å². The quantitative estimate of drug-likeness (QED) is 0.490. The maximum Gasteiger partial charge on any atom is 0.341 e. The Morgan fingerprint density at radius 3 is 2.44 bits per heavy atom. The number of carbonyl (C=O) groups excluding carboxylic acids is 2. The van der Waals surface area contributed by atoms with Crippen LogP contribution in [0.25, 0.3) is 5.69 Å². The van der Waals surface area contributed by atoms with Crippen LogP contribution in [0.5, 0.6) is 0 Å². The highest BCUT2D eigenvalue weighted by Crippen LogP contribution is 2.18. The lowest BCUT2D eigenvalue weighted by Gasteiger charge is -2.22. The van der Waals surface area contributed by atoms with Crippen LogP contribution in [-0.4, -0.2) is 64.2 Å². The van der Waals surface area contributed by atoms with E-state index in [-0.39, 0.29) is 11.9 Å². The molecule has 8 heteroatoms. The molecule has 1 saturated heterocycles. The van der Waals surface area contributed by atoms with Crippen molar-refractivity contribution in [2.24, 2.45) is 0 Å². The van der Waals surface area contributed by atoms with Crippen molar-refractivity contribution in [3.8, 4) is 5.69 Å². The lowest BCUT2D eigenvalue weighted by atomic mass is 10.1. The molecular formula is C26H29ClN4O3. The number of carbonyl (C=O) groups is 2. The van der Waals surface area contributed by atoms with E-state index in [1.165, 1.54) is 11.8 Å². The second-order valence-electron chi connectivity index (χ2n) is 8.37. The van der Waals surface area contributed by atoms with E-state index in [0.29, 0.717) is 30.0 Å². The normalized spacial score (nSPS) is 14.6. The Morgan fingerprint density at radius 2 is 1.74 bits per heavy atom. The first-order chi connectivity index (χ1) is 16.5. The third kappa shape index (κ3) is 5.48. The van der Waals surface area contributed by atoms with Gasteiger partial charge in [-0.15, -0.1) is 0 Å². The van der Waals surface area contributed by atoms with E-state index in [2.05, 4.69) is 22.1 Å². The number of amides is 1. The number of hydrogen-bond acceptors (Lipinski definition) is 5. The molecule has 0 N–H and O–H groups in total. The van der Waals surface area contributed by atoms with Crippen molar-refractivity contribution < 1.29 is 14.3 Å². The van der Waals surface area contributed by atoms with Crippen LogP contribution in [0.2, 0.25) is 5.02 Å². The zero-order chi connectivity index (χ0) is 24.1. The molecule has 0 aliphatic carbocycles. The highest BCUT2D eigenvalue weighted by molar-refractivity contribution is 6.30. The Bertz CT molecular complexity index is 1140. The summed E-state index contributed by atoms with van der Waals surface area (Å²) in [4.78, 5) is 29.5. The van der Waals surface area contributed by atoms with Gasteiger partial charge in [0.1, 0.15) is 5.56 Å². The van der Waals surface area contributed by atoms with Crippen molar-refractivity contribution in [2.75, 3.05) is 32.8 Å². The summed E-state index contributed by atoms with van der Waals surface area (Å²) >= 11 is 5.99. The fourth-order valence-corrected chi connectivity index (χ4v) is 4.31. The van der Waals surface area contributed by atoms with Gasteiger partial charge < -0.3 is 9.64 Å². The number of rotatable bonds is 6. The smallest absolute Gasteiger partial charge is 0.341 e. The number of aromatic nitrogens is 2. The topological polar surface area (TPSA) is 67.7 Å². The molecule has 2 heterocycles. The summed E-state index contributed by atoms with van der Waals surface area (Å²) in [7, 11) is 0. The van der Waals surface area contributed by atoms with Crippen LogP contribution in [0.4, 0.5) is 0 Å². The first kappa shape index (κ1) is 24.0. The molecule has 1 aromatic heterocycles. The minimum Gasteiger partial charge on any atom is -0.462 e. The number of ether oxygens (including phenoxy) is 1. The van der Waals surface area contributed by atoms with Crippen LogP contribution in [0, 0.1) is 6.92 Å². The number of nitrogens with zero attached hydrogens (tertiary/aromatic N) is 4. The third-order valence-corrected chi connectivity index (χ3v) is 6.31. The summed E-state index contributed by atoms with van der Waals surface area (Å²) in [6, 6.07) is 15.3. The zero-order valence-corrected chi connectivity index (χ0v) is 20.3. The molecule has 2 aromatic carbocycles. The fraction of sp³-hybridized carbons (Fsp3) is 0.346. The summed E-state index contributed by atoms with van der Waals surface area (Å²) in [6.07, 6.45) is 2.44. The molecule has 0 radical (unpaired) electrons. The van der Waals surface area contributed by atoms with Crippen LogP contribution >= 0.6 is 11.6 Å². The van der Waals surface area contributed by atoms with Gasteiger partial charge in [0.25, 0.3) is 5.91 Å². The van der Waals surface area contributed by atoms with E-state index >= 15 is 0 Å². The summed E-state index contributed by atoms with van der Waals surface area (Å²) in [5, 5.41) is 5.06. The monoisotopic (exact) mass is 480 g/mol. The van der Waals surface area contributed by atoms with Crippen LogP contribution in [0.1, 0.15) is 45.3 Å². The number of esters is 1. The van der Waals surface area contributed by atoms with E-state index in [4.69, 9.17) is 16.3 Å². The van der Waals surface area contributed by atoms with Crippen molar-refractivity contribution in [1.82, 2.24) is 19.6 Å². The van der Waals surface area contributed by atoms with Gasteiger partial charge in [0.2, 0.25) is 0 Å². The summed E-state index contributed by atoms with van der Waals surface area (Å²) in [5.74, 6) is -0.353. The lowest BCUT2D eigenvalue weighted by Crippen LogP contribution is -2.35. The minimum atomic E-state index is -0.385. The van der Waals surface area contributed by atoms with Crippen LogP contribution in [-0.2, 0) is 11.3 Å². The molecule has 7 nitrogen and oxygen atoms in total. The van der Waals surface area contributed by atoms with Gasteiger partial charge in [0, 0.05) is 43.3 Å². The Kier molecular flexibility index (Phi) is 7.65. The molecule has 1 aliphatic rings. The molecule has 1 aliphatic heterocycles. The molecule has 1 amide bonds. The average Bonchev–Trinajstić information content (AvgIpc) is 3.07. The van der Waals surface area contributed by atoms with Gasteiger partial charge in [-0.25, -0.2) is 9.48 Å². The standard InChI is InChI=1S/C26H29ClN4O3/c1-3-34-26(33)24-17-28-31(19(24)2)23-11-7-21(8-12-23)25(32)30-14-4-13-29(15-16-30)18-20-5-9-22(27)10-6-20/h5-12,17H,3-4,13-16,18H2,1-2H3. The van der Waals surface area contributed by atoms with Crippen molar-refractivity contribution >= 4 is 23.5 Å². The molecule has 0 bridgehead atoms. The summed E-state index contributed by atoms with van der Waals surface area (Å²) < 4.78 is 6.76. The number of hydrogen-bond donors (Lipinski definition) is 0. The minimum absolute atomic E-state index is 0.0318. The van der Waals surface area contributed by atoms with Crippen LogP contribution in [0.15, 0.2) is 54.7 Å². The highest BCUT2D eigenvalue weighted by atomic mass is 35.5. The molecular weight excluding hydrogens is 452 g/mol. The fourth-order valence-electron chi connectivity index (χ4n) is 4.19. The maximum absolute atomic E-state index is 13.1. The van der Waals surface area contributed by atoms with E-state index < -0.39 is 0 Å². The van der Waals surface area contributed by atoms with Gasteiger partial charge in [-0.3, -0.25) is 9.69 Å². The molecule has 4 rings (SSSR count). The third-order valence-electron chi connectivity index (χ3n) is 6.06. The molecule has 0 spiro atoms. The van der Waals surface area contributed by atoms with Crippen LogP contribution in [0.3, 0.4) is 0 Å². The SMILES string of the molecule is CCOC(=O)c1cnn(-c2ccc(C(=O)N3CCCN(Cc4ccc(Cl)cc4)CC3)cc2)c1C. The van der Waals surface area contributed by atoms with Gasteiger partial charge in [-0.05, 0) is 62.2 Å². The molecule has 0 unspecified atom stereocenters. The van der Waals surface area contributed by atoms with Crippen molar-refractivity contribution in [2.45, 2.75) is 26.8 Å². The molecule has 1 fully saturated rings. The van der Waals surface area contributed by atoms with Crippen molar-refractivity contribution in [1.29, 1.82) is 0 Å². The Labute approximate surface area is 204 Å². The Balaban J connectivity index is 1.39. The zero-order valence-electron chi connectivity index (χ0n) is 19.5. The molecule has 34 heavy (non-hydrogen) atoms. The Morgan fingerprint density at radius 1 is 1.00 bits per heavy atom. The number of halogens is 1. The summed E-state index contributed by atoms with van der Waals surface area (Å²) in [5.41, 5.74) is 3.79. The second-order valence-corrected chi connectivity index (χ2v) is 8.81. The molecule has 3 aromatic rings. The molecule has 178 valence electrons. The van der Waals surface area contributed by atoms with E-state index in [1.807, 2.05) is 48.2 Å². The van der Waals surface area contributed by atoms with E-state index in [0.717, 1.165) is 43.3 Å². The largest absolute Gasteiger partial charge is 0.462 e. The predicted molar refractivity (Wildman–Crippen MR) is 132 cm³/mol. The number of benzene rings is 2. The summed E-state index contributed by atoms with van der Waals surface area (Å²) in [6.45, 7) is 7.97. The van der Waals surface area contributed by atoms with E-state index in [9.17, 15) is 9.59 Å². The predicted octanol–water partition coefficient (Wildman–Crippen LogP) is 4.36. The van der Waals surface area contributed by atoms with E-state index in [1.54, 1.807) is 11.6 Å². The molecule has 0 atom stereocenters. The van der Waals surface area contributed by atoms with Gasteiger partial charge in [0.05, 0.1) is 24.2 Å². The first-order valence-electron chi connectivity index (χ1n) is 11.5. The average molecular weight is 481 g/mol. The van der Waals surface area contributed by atoms with Crippen molar-refractivity contribution in [3.05, 3.63) is 82.1 Å². The lowest BCUT2D eigenvalue weighted by molar-refractivity contribution is 0.0525. The van der Waals surface area contributed by atoms with Gasteiger partial charge in [-0.1, -0.05) is 23.7 Å². The first-order valence-corrected chi connectivity index (χ1v) is 11.9. The van der Waals surface area contributed by atoms with Crippen molar-refractivity contribution in [3.63, 3.8) is 0 Å². The molecule has 0 saturated carbocycles. The van der Waals surface area contributed by atoms with Gasteiger partial charge in [0.15, 0.2) is 0 Å². The highest BCUT2D eigenvalue weighted by Gasteiger charge is 2.21. The maximum atomic E-state index is 13.1.